The molecule has 1 aliphatic carbocycles. The predicted molar refractivity (Wildman–Crippen MR) is 136 cm³/mol. The van der Waals surface area contributed by atoms with Gasteiger partial charge in [-0.05, 0) is 47.6 Å². The average molecular weight is 553 g/mol. The van der Waals surface area contributed by atoms with Crippen LogP contribution in [-0.2, 0) is 15.9 Å². The van der Waals surface area contributed by atoms with E-state index in [4.69, 9.17) is 28.4 Å². The minimum atomic E-state index is -1.39. The molecule has 0 spiro atoms. The van der Waals surface area contributed by atoms with E-state index in [-0.39, 0.29) is 53.6 Å². The number of rotatable bonds is 10. The maximum Gasteiger partial charge on any atom is 0.201 e. The van der Waals surface area contributed by atoms with Crippen molar-refractivity contribution in [2.75, 3.05) is 48.3 Å². The first-order valence-corrected chi connectivity index (χ1v) is 12.5. The zero-order valence-corrected chi connectivity index (χ0v) is 22.2. The summed E-state index contributed by atoms with van der Waals surface area (Å²) in [4.78, 5) is 0. The number of aliphatic hydroxyl groups is 4. The third-order valence-electron chi connectivity index (χ3n) is 7.64. The van der Waals surface area contributed by atoms with Gasteiger partial charge in [-0.15, -0.1) is 0 Å². The Hall–Kier alpha value is -3.00. The number of phenols is 2. The molecule has 2 aliphatic rings. The lowest BCUT2D eigenvalue weighted by Crippen LogP contribution is -2.39. The molecule has 2 aromatic carbocycles. The Balaban J connectivity index is 1.86. The Morgan fingerprint density at radius 1 is 0.821 bits per heavy atom. The molecule has 1 aliphatic heterocycles. The minimum Gasteiger partial charge on any atom is -0.502 e. The summed E-state index contributed by atoms with van der Waals surface area (Å²) in [6.07, 6.45) is -4.55. The third-order valence-corrected chi connectivity index (χ3v) is 7.64. The predicted octanol–water partition coefficient (Wildman–Crippen LogP) is 0.500. The van der Waals surface area contributed by atoms with E-state index in [0.717, 1.165) is 5.56 Å². The van der Waals surface area contributed by atoms with Crippen molar-refractivity contribution in [2.24, 2.45) is 11.8 Å². The normalized spacial score (nSPS) is 28.2. The lowest BCUT2D eigenvalue weighted by atomic mass is 9.66. The number of fused-ring (bicyclic) bond motifs is 1. The Morgan fingerprint density at radius 3 is 1.95 bits per heavy atom. The topological polar surface area (TPSA) is 177 Å². The summed E-state index contributed by atoms with van der Waals surface area (Å²) in [6.45, 7) is -0.774. The van der Waals surface area contributed by atoms with Crippen molar-refractivity contribution in [2.45, 2.75) is 36.9 Å². The summed E-state index contributed by atoms with van der Waals surface area (Å²) in [7, 11) is 5.66. The van der Waals surface area contributed by atoms with E-state index in [1.807, 2.05) is 0 Å². The molecule has 0 radical (unpaired) electrons. The number of hydrogen-bond donors (Lipinski definition) is 6. The van der Waals surface area contributed by atoms with E-state index in [9.17, 15) is 30.6 Å². The standard InChI is InChI=1S/C27H36O12/c1-34-16-7-13(8-17(35-2)22(16)30)20-15(11-38-27-25(33)23(31)19(10-29)39-27)14(9-28)5-12-6-18(36-3)24(32)26(37-4)21(12)20/h6-8,14-15,19-20,23,25,27-33H,5,9-11H2,1-4H3. The number of ether oxygens (including phenoxy) is 6. The van der Waals surface area contributed by atoms with Crippen molar-refractivity contribution in [1.82, 2.24) is 0 Å². The maximum absolute atomic E-state index is 11.0. The van der Waals surface area contributed by atoms with E-state index in [0.29, 0.717) is 17.5 Å². The summed E-state index contributed by atoms with van der Waals surface area (Å²) in [5, 5.41) is 62.0. The van der Waals surface area contributed by atoms with Gasteiger partial charge in [0.1, 0.15) is 18.3 Å². The van der Waals surface area contributed by atoms with Crippen molar-refractivity contribution >= 4 is 0 Å². The second-order valence-corrected chi connectivity index (χ2v) is 9.64. The molecule has 1 heterocycles. The van der Waals surface area contributed by atoms with Crippen LogP contribution in [-0.4, -0.2) is 104 Å². The quantitative estimate of drug-likeness (QED) is 0.241. The molecule has 12 heteroatoms. The molecule has 0 amide bonds. The highest BCUT2D eigenvalue weighted by atomic mass is 16.7. The van der Waals surface area contributed by atoms with Crippen LogP contribution in [0.1, 0.15) is 22.6 Å². The zero-order valence-electron chi connectivity index (χ0n) is 22.2. The van der Waals surface area contributed by atoms with Gasteiger partial charge in [-0.2, -0.15) is 0 Å². The fourth-order valence-corrected chi connectivity index (χ4v) is 5.63. The molecule has 4 rings (SSSR count). The Labute approximate surface area is 225 Å². The van der Waals surface area contributed by atoms with Gasteiger partial charge in [0.05, 0.1) is 41.7 Å². The van der Waals surface area contributed by atoms with Crippen molar-refractivity contribution in [3.8, 4) is 34.5 Å². The van der Waals surface area contributed by atoms with Crippen molar-refractivity contribution in [3.05, 3.63) is 34.9 Å². The van der Waals surface area contributed by atoms with Crippen LogP contribution < -0.4 is 18.9 Å². The van der Waals surface area contributed by atoms with Gasteiger partial charge in [0.2, 0.25) is 11.5 Å². The van der Waals surface area contributed by atoms with Crippen LogP contribution in [0.2, 0.25) is 0 Å². The second kappa shape index (κ2) is 12.0. The van der Waals surface area contributed by atoms with E-state index in [1.54, 1.807) is 18.2 Å². The van der Waals surface area contributed by atoms with Gasteiger partial charge in [0, 0.05) is 18.1 Å². The molecule has 39 heavy (non-hydrogen) atoms. The third kappa shape index (κ3) is 5.15. The molecule has 1 fully saturated rings. The van der Waals surface area contributed by atoms with Crippen LogP contribution in [0, 0.1) is 11.8 Å². The van der Waals surface area contributed by atoms with Gasteiger partial charge >= 0.3 is 0 Å². The maximum atomic E-state index is 11.0. The summed E-state index contributed by atoms with van der Waals surface area (Å²) < 4.78 is 33.2. The molecule has 1 saturated heterocycles. The molecule has 216 valence electrons. The monoisotopic (exact) mass is 552 g/mol. The lowest BCUT2D eigenvalue weighted by Gasteiger charge is -2.40. The summed E-state index contributed by atoms with van der Waals surface area (Å²) in [5.74, 6) is -1.16. The smallest absolute Gasteiger partial charge is 0.201 e. The van der Waals surface area contributed by atoms with E-state index < -0.39 is 43.0 Å². The molecule has 2 aromatic rings. The zero-order chi connectivity index (χ0) is 28.4. The summed E-state index contributed by atoms with van der Waals surface area (Å²) in [5.41, 5.74) is 1.99. The van der Waals surface area contributed by atoms with E-state index in [2.05, 4.69) is 0 Å². The molecule has 7 atom stereocenters. The molecule has 0 saturated carbocycles. The SMILES string of the molecule is COc1cc(C2c3c(cc(OC)c(O)c3OC)CC(CO)C2COC2OC(CO)C(O)C2O)cc(OC)c1O. The van der Waals surface area contributed by atoms with E-state index >= 15 is 0 Å². The van der Waals surface area contributed by atoms with Gasteiger partial charge < -0.3 is 59.1 Å². The Kier molecular flexibility index (Phi) is 8.94. The number of aliphatic hydroxyl groups excluding tert-OH is 4. The summed E-state index contributed by atoms with van der Waals surface area (Å²) >= 11 is 0. The molecule has 0 bridgehead atoms. The van der Waals surface area contributed by atoms with Crippen molar-refractivity contribution in [1.29, 1.82) is 0 Å². The van der Waals surface area contributed by atoms with Gasteiger partial charge in [-0.3, -0.25) is 0 Å². The van der Waals surface area contributed by atoms with Crippen molar-refractivity contribution in [3.63, 3.8) is 0 Å². The second-order valence-electron chi connectivity index (χ2n) is 9.64. The van der Waals surface area contributed by atoms with Crippen LogP contribution in [0.15, 0.2) is 18.2 Å². The number of methoxy groups -OCH3 is 4. The average Bonchev–Trinajstić information content (AvgIpc) is 3.23. The number of hydrogen-bond acceptors (Lipinski definition) is 12. The number of aromatic hydroxyl groups is 2. The Bertz CT molecular complexity index is 1130. The number of benzene rings is 2. The van der Waals surface area contributed by atoms with Gasteiger partial charge in [-0.25, -0.2) is 0 Å². The van der Waals surface area contributed by atoms with Gasteiger partial charge in [0.25, 0.3) is 0 Å². The van der Waals surface area contributed by atoms with Crippen LogP contribution in [0.3, 0.4) is 0 Å². The van der Waals surface area contributed by atoms with Gasteiger partial charge in [0.15, 0.2) is 29.3 Å². The van der Waals surface area contributed by atoms with Crippen molar-refractivity contribution < 1.29 is 59.1 Å². The van der Waals surface area contributed by atoms with Crippen LogP contribution in [0.25, 0.3) is 0 Å². The molecule has 0 aromatic heterocycles. The molecule has 12 nitrogen and oxygen atoms in total. The largest absolute Gasteiger partial charge is 0.502 e. The minimum absolute atomic E-state index is 0.0522. The lowest BCUT2D eigenvalue weighted by molar-refractivity contribution is -0.180. The highest BCUT2D eigenvalue weighted by Crippen LogP contribution is 2.54. The highest BCUT2D eigenvalue weighted by molar-refractivity contribution is 5.64. The fourth-order valence-electron chi connectivity index (χ4n) is 5.63. The first-order chi connectivity index (χ1) is 18.7. The van der Waals surface area contributed by atoms with E-state index in [1.165, 1.54) is 28.4 Å². The van der Waals surface area contributed by atoms with Crippen LogP contribution in [0.5, 0.6) is 34.5 Å². The Morgan fingerprint density at radius 2 is 1.44 bits per heavy atom. The summed E-state index contributed by atoms with van der Waals surface area (Å²) in [6, 6.07) is 4.96. The highest BCUT2D eigenvalue weighted by Gasteiger charge is 2.46. The number of phenolic OH excluding ortho intramolecular Hbond substituents is 2. The van der Waals surface area contributed by atoms with Crippen LogP contribution in [0.4, 0.5) is 0 Å². The fraction of sp³-hybridized carbons (Fsp3) is 0.556. The first-order valence-electron chi connectivity index (χ1n) is 12.5. The molecular weight excluding hydrogens is 516 g/mol. The first kappa shape index (κ1) is 29.0. The molecular formula is C27H36O12. The molecule has 7 unspecified atom stereocenters. The van der Waals surface area contributed by atoms with Gasteiger partial charge in [-0.1, -0.05) is 0 Å². The molecule has 6 N–H and O–H groups in total. The van der Waals surface area contributed by atoms with Crippen LogP contribution >= 0.6 is 0 Å².